The molecule has 3 heteroatoms. The number of hydrogen-bond donors (Lipinski definition) is 0. The molecule has 0 amide bonds. The number of benzene rings is 4. The Labute approximate surface area is 202 Å². The first kappa shape index (κ1) is 22.1. The van der Waals surface area contributed by atoms with Crippen molar-refractivity contribution in [3.05, 3.63) is 126 Å². The van der Waals surface area contributed by atoms with E-state index in [2.05, 4.69) is 82.6 Å². The van der Waals surface area contributed by atoms with Crippen LogP contribution < -0.4 is 4.90 Å². The van der Waals surface area contributed by atoms with Crippen molar-refractivity contribution in [3.63, 3.8) is 0 Å². The van der Waals surface area contributed by atoms with Gasteiger partial charge < -0.3 is 4.90 Å². The number of anilines is 1. The summed E-state index contributed by atoms with van der Waals surface area (Å²) in [5.74, 6) is 0.0454. The van der Waals surface area contributed by atoms with Gasteiger partial charge in [0.2, 0.25) is 0 Å². The third-order valence-corrected chi connectivity index (χ3v) is 6.68. The van der Waals surface area contributed by atoms with Crippen LogP contribution in [0.15, 0.2) is 115 Å². The standard InChI is InChI=1S/C31H30N2O/c34-30(31(27-12-6-2-7-13-27)28-14-8-3-9-15-28)24-32-20-22-33(23-21-32)29-18-16-26(17-19-29)25-10-4-1-5-11-25/h1-19,31H,20-24H2. The molecule has 0 aliphatic carbocycles. The van der Waals surface area contributed by atoms with Crippen molar-refractivity contribution in [3.8, 4) is 11.1 Å². The average molecular weight is 447 g/mol. The molecule has 1 aliphatic rings. The van der Waals surface area contributed by atoms with E-state index in [1.807, 2.05) is 42.5 Å². The maximum absolute atomic E-state index is 13.5. The second-order valence-corrected chi connectivity index (χ2v) is 8.90. The maximum Gasteiger partial charge on any atom is 0.158 e. The van der Waals surface area contributed by atoms with E-state index in [-0.39, 0.29) is 11.7 Å². The number of rotatable bonds is 7. The second kappa shape index (κ2) is 10.5. The van der Waals surface area contributed by atoms with Crippen LogP contribution in [-0.4, -0.2) is 43.4 Å². The highest BCUT2D eigenvalue weighted by molar-refractivity contribution is 5.90. The zero-order chi connectivity index (χ0) is 23.2. The molecular formula is C31H30N2O. The fourth-order valence-electron chi connectivity index (χ4n) is 4.83. The third-order valence-electron chi connectivity index (χ3n) is 6.68. The summed E-state index contributed by atoms with van der Waals surface area (Å²) >= 11 is 0. The minimum Gasteiger partial charge on any atom is -0.369 e. The Morgan fingerprint density at radius 1 is 0.588 bits per heavy atom. The highest BCUT2D eigenvalue weighted by Gasteiger charge is 2.26. The predicted octanol–water partition coefficient (Wildman–Crippen LogP) is 5.88. The molecule has 1 fully saturated rings. The number of hydrogen-bond acceptors (Lipinski definition) is 3. The van der Waals surface area contributed by atoms with Crippen molar-refractivity contribution < 1.29 is 4.79 Å². The lowest BCUT2D eigenvalue weighted by molar-refractivity contribution is -0.120. The smallest absolute Gasteiger partial charge is 0.158 e. The van der Waals surface area contributed by atoms with Crippen LogP contribution >= 0.6 is 0 Å². The number of Topliss-reactive ketones (excluding diaryl/α,β-unsaturated/α-hetero) is 1. The summed E-state index contributed by atoms with van der Waals surface area (Å²) in [6.45, 7) is 4.12. The van der Waals surface area contributed by atoms with Gasteiger partial charge in [-0.3, -0.25) is 9.69 Å². The van der Waals surface area contributed by atoms with E-state index >= 15 is 0 Å². The number of carbonyl (C=O) groups excluding carboxylic acids is 1. The van der Waals surface area contributed by atoms with Gasteiger partial charge in [-0.2, -0.15) is 0 Å². The van der Waals surface area contributed by atoms with Gasteiger partial charge in [-0.05, 0) is 34.4 Å². The molecule has 4 aromatic carbocycles. The number of ketones is 1. The molecule has 5 rings (SSSR count). The lowest BCUT2D eigenvalue weighted by Gasteiger charge is -2.36. The molecule has 0 saturated carbocycles. The molecule has 0 N–H and O–H groups in total. The van der Waals surface area contributed by atoms with Crippen LogP contribution in [0.4, 0.5) is 5.69 Å². The quantitative estimate of drug-likeness (QED) is 0.354. The Morgan fingerprint density at radius 2 is 1.06 bits per heavy atom. The minimum atomic E-state index is -0.217. The van der Waals surface area contributed by atoms with Crippen LogP contribution in [0.2, 0.25) is 0 Å². The summed E-state index contributed by atoms with van der Waals surface area (Å²) in [5, 5.41) is 0. The molecule has 4 aromatic rings. The lowest BCUT2D eigenvalue weighted by atomic mass is 9.87. The number of piperazine rings is 1. The van der Waals surface area contributed by atoms with Gasteiger partial charge in [-0.15, -0.1) is 0 Å². The Kier molecular flexibility index (Phi) is 6.83. The second-order valence-electron chi connectivity index (χ2n) is 8.90. The summed E-state index contributed by atoms with van der Waals surface area (Å²) in [6, 6.07) is 39.6. The van der Waals surface area contributed by atoms with Gasteiger partial charge >= 0.3 is 0 Å². The van der Waals surface area contributed by atoms with E-state index in [1.54, 1.807) is 0 Å². The average Bonchev–Trinajstić information content (AvgIpc) is 2.91. The first-order valence-electron chi connectivity index (χ1n) is 12.0. The molecule has 0 radical (unpaired) electrons. The van der Waals surface area contributed by atoms with Crippen LogP contribution in [0.5, 0.6) is 0 Å². The molecule has 0 aromatic heterocycles. The van der Waals surface area contributed by atoms with Gasteiger partial charge in [-0.25, -0.2) is 0 Å². The molecule has 0 bridgehead atoms. The summed E-state index contributed by atoms with van der Waals surface area (Å²) in [7, 11) is 0. The molecule has 0 atom stereocenters. The fraction of sp³-hybridized carbons (Fsp3) is 0.194. The van der Waals surface area contributed by atoms with Gasteiger partial charge in [0.25, 0.3) is 0 Å². The van der Waals surface area contributed by atoms with E-state index in [4.69, 9.17) is 0 Å². The molecular weight excluding hydrogens is 416 g/mol. The third kappa shape index (κ3) is 5.11. The van der Waals surface area contributed by atoms with Crippen molar-refractivity contribution in [2.75, 3.05) is 37.6 Å². The first-order valence-corrected chi connectivity index (χ1v) is 12.0. The Balaban J connectivity index is 1.22. The maximum atomic E-state index is 13.5. The van der Waals surface area contributed by atoms with E-state index in [1.165, 1.54) is 16.8 Å². The van der Waals surface area contributed by atoms with Crippen molar-refractivity contribution in [1.29, 1.82) is 0 Å². The van der Waals surface area contributed by atoms with E-state index < -0.39 is 0 Å². The number of carbonyl (C=O) groups is 1. The zero-order valence-corrected chi connectivity index (χ0v) is 19.4. The molecule has 34 heavy (non-hydrogen) atoms. The van der Waals surface area contributed by atoms with Gasteiger partial charge in [0.1, 0.15) is 0 Å². The zero-order valence-electron chi connectivity index (χ0n) is 19.4. The van der Waals surface area contributed by atoms with Crippen LogP contribution in [0, 0.1) is 0 Å². The summed E-state index contributed by atoms with van der Waals surface area (Å²) in [4.78, 5) is 18.2. The molecule has 1 saturated heterocycles. The largest absolute Gasteiger partial charge is 0.369 e. The normalized spacial score (nSPS) is 14.3. The predicted molar refractivity (Wildman–Crippen MR) is 140 cm³/mol. The van der Waals surface area contributed by atoms with E-state index in [9.17, 15) is 4.79 Å². The highest BCUT2D eigenvalue weighted by atomic mass is 16.1. The molecule has 1 aliphatic heterocycles. The van der Waals surface area contributed by atoms with Gasteiger partial charge in [0, 0.05) is 31.9 Å². The van der Waals surface area contributed by atoms with Gasteiger partial charge in [-0.1, -0.05) is 103 Å². The molecule has 3 nitrogen and oxygen atoms in total. The Morgan fingerprint density at radius 3 is 1.59 bits per heavy atom. The Hall–Kier alpha value is -3.69. The topological polar surface area (TPSA) is 23.6 Å². The Bertz CT molecular complexity index is 1140. The van der Waals surface area contributed by atoms with E-state index in [0.29, 0.717) is 6.54 Å². The van der Waals surface area contributed by atoms with Crippen LogP contribution in [-0.2, 0) is 4.79 Å². The molecule has 170 valence electrons. The van der Waals surface area contributed by atoms with Crippen molar-refractivity contribution in [2.45, 2.75) is 5.92 Å². The highest BCUT2D eigenvalue weighted by Crippen LogP contribution is 2.27. The minimum absolute atomic E-state index is 0.217. The van der Waals surface area contributed by atoms with Crippen LogP contribution in [0.1, 0.15) is 17.0 Å². The van der Waals surface area contributed by atoms with Crippen molar-refractivity contribution >= 4 is 11.5 Å². The number of nitrogens with zero attached hydrogens (tertiary/aromatic N) is 2. The SMILES string of the molecule is O=C(CN1CCN(c2ccc(-c3ccccc3)cc2)CC1)C(c1ccccc1)c1ccccc1. The lowest BCUT2D eigenvalue weighted by Crippen LogP contribution is -2.48. The summed E-state index contributed by atoms with van der Waals surface area (Å²) in [5.41, 5.74) is 5.86. The van der Waals surface area contributed by atoms with Crippen molar-refractivity contribution in [1.82, 2.24) is 4.90 Å². The monoisotopic (exact) mass is 446 g/mol. The fourth-order valence-corrected chi connectivity index (χ4v) is 4.83. The van der Waals surface area contributed by atoms with E-state index in [0.717, 1.165) is 37.3 Å². The van der Waals surface area contributed by atoms with Gasteiger partial charge in [0.05, 0.1) is 12.5 Å². The van der Waals surface area contributed by atoms with Crippen molar-refractivity contribution in [2.24, 2.45) is 0 Å². The molecule has 0 spiro atoms. The summed E-state index contributed by atoms with van der Waals surface area (Å²) in [6.07, 6.45) is 0. The van der Waals surface area contributed by atoms with Crippen LogP contribution in [0.3, 0.4) is 0 Å². The van der Waals surface area contributed by atoms with Crippen LogP contribution in [0.25, 0.3) is 11.1 Å². The summed E-state index contributed by atoms with van der Waals surface area (Å²) < 4.78 is 0. The first-order chi connectivity index (χ1) is 16.8. The molecule has 0 unspecified atom stereocenters. The molecule has 1 heterocycles. The van der Waals surface area contributed by atoms with Gasteiger partial charge in [0.15, 0.2) is 5.78 Å².